The smallest absolute Gasteiger partial charge is 0.244 e. The number of piperidine rings is 1. The molecule has 3 rings (SSSR count). The van der Waals surface area contributed by atoms with Crippen LogP contribution in [0.15, 0.2) is 0 Å². The zero-order chi connectivity index (χ0) is 23.3. The van der Waals surface area contributed by atoms with Gasteiger partial charge in [-0.15, -0.1) is 0 Å². The molecule has 11 heteroatoms. The molecular formula is C21H37N5O5S. The maximum Gasteiger partial charge on any atom is 0.244 e. The lowest BCUT2D eigenvalue weighted by Crippen LogP contribution is -2.64. The Bertz CT molecular complexity index is 792. The van der Waals surface area contributed by atoms with Crippen molar-refractivity contribution in [2.45, 2.75) is 63.5 Å². The normalized spacial score (nSPS) is 25.3. The molecule has 0 aromatic heterocycles. The Balaban J connectivity index is 1.74. The van der Waals surface area contributed by atoms with E-state index in [9.17, 15) is 22.8 Å². The number of nitrogens with two attached hydrogens (primary N) is 1. The Morgan fingerprint density at radius 2 is 1.72 bits per heavy atom. The van der Waals surface area contributed by atoms with Gasteiger partial charge in [-0.3, -0.25) is 14.4 Å². The summed E-state index contributed by atoms with van der Waals surface area (Å²) < 4.78 is 25.5. The van der Waals surface area contributed by atoms with Gasteiger partial charge in [-0.25, -0.2) is 8.42 Å². The zero-order valence-corrected chi connectivity index (χ0v) is 19.7. The number of nitrogens with zero attached hydrogens (tertiary/aromatic N) is 2. The molecule has 182 valence electrons. The highest BCUT2D eigenvalue weighted by Gasteiger charge is 2.41. The molecule has 2 unspecified atom stereocenters. The molecule has 0 aromatic rings. The fourth-order valence-electron chi connectivity index (χ4n) is 5.12. The molecule has 3 aliphatic rings. The fourth-order valence-corrected chi connectivity index (χ4v) is 5.95. The van der Waals surface area contributed by atoms with Crippen LogP contribution < -0.4 is 16.4 Å². The minimum absolute atomic E-state index is 0.115. The maximum atomic E-state index is 13.3. The summed E-state index contributed by atoms with van der Waals surface area (Å²) in [4.78, 5) is 40.1. The number of piperazine rings is 1. The first-order valence-corrected chi connectivity index (χ1v) is 13.6. The summed E-state index contributed by atoms with van der Waals surface area (Å²) in [6.07, 6.45) is 8.35. The van der Waals surface area contributed by atoms with Gasteiger partial charge in [-0.2, -0.15) is 4.31 Å². The van der Waals surface area contributed by atoms with Crippen molar-refractivity contribution in [3.05, 3.63) is 0 Å². The lowest BCUT2D eigenvalue weighted by molar-refractivity contribution is -0.147. The maximum absolute atomic E-state index is 13.3. The van der Waals surface area contributed by atoms with E-state index in [1.807, 2.05) is 0 Å². The third kappa shape index (κ3) is 6.41. The van der Waals surface area contributed by atoms with Crippen molar-refractivity contribution >= 4 is 27.7 Å². The minimum Gasteiger partial charge on any atom is -0.368 e. The van der Waals surface area contributed by atoms with Gasteiger partial charge in [0.15, 0.2) is 0 Å². The van der Waals surface area contributed by atoms with Gasteiger partial charge >= 0.3 is 0 Å². The average Bonchev–Trinajstić information content (AvgIpc) is 2.78. The van der Waals surface area contributed by atoms with Crippen LogP contribution in [0.1, 0.15) is 51.4 Å². The molecule has 2 atom stereocenters. The van der Waals surface area contributed by atoms with Crippen LogP contribution >= 0.6 is 0 Å². The molecule has 1 saturated carbocycles. The van der Waals surface area contributed by atoms with E-state index >= 15 is 0 Å². The molecule has 10 nitrogen and oxygen atoms in total. The van der Waals surface area contributed by atoms with Gasteiger partial charge in [0.05, 0.1) is 6.26 Å². The second kappa shape index (κ2) is 10.9. The van der Waals surface area contributed by atoms with Crippen LogP contribution in [0.25, 0.3) is 0 Å². The lowest BCUT2D eigenvalue weighted by atomic mass is 9.84. The highest BCUT2D eigenvalue weighted by Crippen LogP contribution is 2.27. The van der Waals surface area contributed by atoms with Gasteiger partial charge < -0.3 is 21.3 Å². The van der Waals surface area contributed by atoms with Crippen LogP contribution in [0.2, 0.25) is 0 Å². The third-order valence-corrected chi connectivity index (χ3v) is 8.31. The number of nitrogens with one attached hydrogen (secondary N) is 2. The molecule has 32 heavy (non-hydrogen) atoms. The number of carbonyl (C=O) groups is 3. The molecule has 4 N–H and O–H groups in total. The van der Waals surface area contributed by atoms with Gasteiger partial charge in [-0.1, -0.05) is 32.1 Å². The second-order valence-electron chi connectivity index (χ2n) is 9.40. The van der Waals surface area contributed by atoms with Crippen LogP contribution in [0.4, 0.5) is 0 Å². The van der Waals surface area contributed by atoms with Crippen LogP contribution in [-0.4, -0.2) is 86.4 Å². The van der Waals surface area contributed by atoms with Crippen LogP contribution in [0, 0.1) is 11.8 Å². The van der Waals surface area contributed by atoms with Gasteiger partial charge in [0.1, 0.15) is 12.1 Å². The number of hydrogen-bond acceptors (Lipinski definition) is 6. The average molecular weight is 472 g/mol. The zero-order valence-electron chi connectivity index (χ0n) is 18.9. The summed E-state index contributed by atoms with van der Waals surface area (Å²) in [6, 6.07) is -1.80. The van der Waals surface area contributed by atoms with Gasteiger partial charge in [0.2, 0.25) is 27.7 Å². The summed E-state index contributed by atoms with van der Waals surface area (Å²) in [5.74, 6) is -1.10. The first-order valence-electron chi connectivity index (χ1n) is 11.7. The first kappa shape index (κ1) is 24.9. The quantitative estimate of drug-likeness (QED) is 0.453. The molecule has 1 aliphatic carbocycles. The van der Waals surface area contributed by atoms with E-state index in [-0.39, 0.29) is 31.5 Å². The predicted molar refractivity (Wildman–Crippen MR) is 120 cm³/mol. The second-order valence-corrected chi connectivity index (χ2v) is 11.4. The summed E-state index contributed by atoms with van der Waals surface area (Å²) in [5.41, 5.74) is 5.59. The van der Waals surface area contributed by atoms with Crippen LogP contribution in [0.5, 0.6) is 0 Å². The molecule has 0 aromatic carbocycles. The topological polar surface area (TPSA) is 142 Å². The van der Waals surface area contributed by atoms with E-state index in [0.29, 0.717) is 25.2 Å². The Labute approximate surface area is 190 Å². The molecule has 0 bridgehead atoms. The van der Waals surface area contributed by atoms with Crippen molar-refractivity contribution < 1.29 is 22.8 Å². The van der Waals surface area contributed by atoms with Crippen LogP contribution in [-0.2, 0) is 24.4 Å². The van der Waals surface area contributed by atoms with Crippen molar-refractivity contribution in [2.75, 3.05) is 39.0 Å². The van der Waals surface area contributed by atoms with E-state index in [0.717, 1.165) is 45.0 Å². The van der Waals surface area contributed by atoms with Crippen molar-refractivity contribution in [1.29, 1.82) is 0 Å². The number of primary amides is 1. The third-order valence-electron chi connectivity index (χ3n) is 7.04. The number of amides is 3. The van der Waals surface area contributed by atoms with E-state index in [2.05, 4.69) is 10.6 Å². The molecule has 2 heterocycles. The Kier molecular flexibility index (Phi) is 8.51. The Hall–Kier alpha value is -1.72. The predicted octanol–water partition coefficient (Wildman–Crippen LogP) is -0.601. The lowest BCUT2D eigenvalue weighted by Gasteiger charge is -2.41. The Morgan fingerprint density at radius 3 is 2.31 bits per heavy atom. The molecular weight excluding hydrogens is 434 g/mol. The number of carbonyl (C=O) groups excluding carboxylic acids is 3. The molecule has 2 saturated heterocycles. The summed E-state index contributed by atoms with van der Waals surface area (Å²) in [5, 5.41) is 5.97. The van der Waals surface area contributed by atoms with Gasteiger partial charge in [0, 0.05) is 25.6 Å². The van der Waals surface area contributed by atoms with Crippen molar-refractivity contribution in [1.82, 2.24) is 19.8 Å². The largest absolute Gasteiger partial charge is 0.368 e. The SMILES string of the molecule is CS(=O)(=O)N1CCN(C(=O)C2CCNCC2)C(C(=O)NC(CC2CCCCC2)C(N)=O)C1. The van der Waals surface area contributed by atoms with Gasteiger partial charge in [-0.05, 0) is 38.3 Å². The Morgan fingerprint density at radius 1 is 1.06 bits per heavy atom. The monoisotopic (exact) mass is 471 g/mol. The van der Waals surface area contributed by atoms with Crippen molar-refractivity contribution in [3.8, 4) is 0 Å². The van der Waals surface area contributed by atoms with Crippen molar-refractivity contribution in [2.24, 2.45) is 17.6 Å². The van der Waals surface area contributed by atoms with E-state index < -0.39 is 33.9 Å². The molecule has 3 amide bonds. The highest BCUT2D eigenvalue weighted by molar-refractivity contribution is 7.88. The molecule has 0 radical (unpaired) electrons. The van der Waals surface area contributed by atoms with Crippen molar-refractivity contribution in [3.63, 3.8) is 0 Å². The summed E-state index contributed by atoms with van der Waals surface area (Å²) in [6.45, 7) is 1.66. The summed E-state index contributed by atoms with van der Waals surface area (Å²) >= 11 is 0. The van der Waals surface area contributed by atoms with E-state index in [1.54, 1.807) is 0 Å². The number of hydrogen-bond donors (Lipinski definition) is 3. The molecule has 3 fully saturated rings. The molecule has 2 aliphatic heterocycles. The summed E-state index contributed by atoms with van der Waals surface area (Å²) in [7, 11) is -3.52. The van der Waals surface area contributed by atoms with Crippen LogP contribution in [0.3, 0.4) is 0 Å². The highest BCUT2D eigenvalue weighted by atomic mass is 32.2. The van der Waals surface area contributed by atoms with E-state index in [4.69, 9.17) is 5.73 Å². The first-order chi connectivity index (χ1) is 15.2. The molecule has 0 spiro atoms. The van der Waals surface area contributed by atoms with Gasteiger partial charge in [0.25, 0.3) is 0 Å². The number of sulfonamides is 1. The standard InChI is InChI=1S/C21H37N5O5S/c1-32(30,31)25-11-12-26(21(29)16-7-9-23-10-8-16)18(14-25)20(28)24-17(19(22)27)13-15-5-3-2-4-6-15/h15-18,23H,2-14H2,1H3,(H2,22,27)(H,24,28). The minimum atomic E-state index is -3.52. The fraction of sp³-hybridized carbons (Fsp3) is 0.857. The number of rotatable bonds is 7. The van der Waals surface area contributed by atoms with E-state index in [1.165, 1.54) is 15.6 Å².